The molecular formula is C10H12BrF3N2. The van der Waals surface area contributed by atoms with Gasteiger partial charge in [-0.1, -0.05) is 22.9 Å². The molecule has 1 rings (SSSR count). The molecule has 0 amide bonds. The van der Waals surface area contributed by atoms with E-state index in [1.807, 2.05) is 6.92 Å². The van der Waals surface area contributed by atoms with Crippen LogP contribution in [0.2, 0.25) is 0 Å². The van der Waals surface area contributed by atoms with Crippen molar-refractivity contribution < 1.29 is 13.2 Å². The molecule has 0 spiro atoms. The van der Waals surface area contributed by atoms with E-state index in [2.05, 4.69) is 21.4 Å². The Morgan fingerprint density at radius 1 is 1.44 bits per heavy atom. The Kier molecular flexibility index (Phi) is 4.35. The molecule has 1 aromatic rings. The van der Waals surface area contributed by atoms with Gasteiger partial charge in [0.2, 0.25) is 0 Å². The van der Waals surface area contributed by atoms with E-state index in [-0.39, 0.29) is 6.04 Å². The van der Waals surface area contributed by atoms with Crippen molar-refractivity contribution in [2.75, 3.05) is 0 Å². The van der Waals surface area contributed by atoms with Crippen LogP contribution >= 0.6 is 15.9 Å². The SMILES string of the molecule is CCC(NN)c1cc(C(F)(F)F)ccc1Br. The monoisotopic (exact) mass is 296 g/mol. The first kappa shape index (κ1) is 13.5. The summed E-state index contributed by atoms with van der Waals surface area (Å²) in [7, 11) is 0. The summed E-state index contributed by atoms with van der Waals surface area (Å²) in [6.45, 7) is 1.84. The summed E-state index contributed by atoms with van der Waals surface area (Å²) in [6, 6.07) is 3.24. The minimum absolute atomic E-state index is 0.295. The lowest BCUT2D eigenvalue weighted by Gasteiger charge is -2.17. The maximum absolute atomic E-state index is 12.5. The Labute approximate surface area is 100 Å². The van der Waals surface area contributed by atoms with E-state index in [9.17, 15) is 13.2 Å². The van der Waals surface area contributed by atoms with E-state index in [0.717, 1.165) is 12.1 Å². The molecular weight excluding hydrogens is 285 g/mol. The molecule has 0 saturated carbocycles. The van der Waals surface area contributed by atoms with Crippen LogP contribution in [-0.4, -0.2) is 0 Å². The molecule has 0 fully saturated rings. The lowest BCUT2D eigenvalue weighted by atomic mass is 10.0. The van der Waals surface area contributed by atoms with Crippen LogP contribution in [0.5, 0.6) is 0 Å². The third-order valence-corrected chi connectivity index (χ3v) is 3.03. The molecule has 16 heavy (non-hydrogen) atoms. The summed E-state index contributed by atoms with van der Waals surface area (Å²) < 4.78 is 38.1. The number of benzene rings is 1. The number of hydrogen-bond acceptors (Lipinski definition) is 2. The van der Waals surface area contributed by atoms with Gasteiger partial charge in [-0.05, 0) is 30.2 Å². The number of hydrazine groups is 1. The van der Waals surface area contributed by atoms with Crippen molar-refractivity contribution >= 4 is 15.9 Å². The highest BCUT2D eigenvalue weighted by atomic mass is 79.9. The van der Waals surface area contributed by atoms with E-state index < -0.39 is 11.7 Å². The first-order valence-corrected chi connectivity index (χ1v) is 5.52. The molecule has 1 aromatic carbocycles. The van der Waals surface area contributed by atoms with Crippen molar-refractivity contribution in [3.63, 3.8) is 0 Å². The zero-order valence-electron chi connectivity index (χ0n) is 8.61. The van der Waals surface area contributed by atoms with Gasteiger partial charge in [0.15, 0.2) is 0 Å². The maximum atomic E-state index is 12.5. The van der Waals surface area contributed by atoms with Crippen molar-refractivity contribution in [2.24, 2.45) is 5.84 Å². The van der Waals surface area contributed by atoms with Crippen LogP contribution in [0.25, 0.3) is 0 Å². The van der Waals surface area contributed by atoms with E-state index in [4.69, 9.17) is 5.84 Å². The highest BCUT2D eigenvalue weighted by molar-refractivity contribution is 9.10. The Morgan fingerprint density at radius 3 is 2.50 bits per heavy atom. The lowest BCUT2D eigenvalue weighted by molar-refractivity contribution is -0.137. The van der Waals surface area contributed by atoms with Crippen LogP contribution < -0.4 is 11.3 Å². The summed E-state index contributed by atoms with van der Waals surface area (Å²) in [5.74, 6) is 5.29. The minimum Gasteiger partial charge on any atom is -0.271 e. The number of rotatable bonds is 3. The van der Waals surface area contributed by atoms with Gasteiger partial charge in [-0.3, -0.25) is 11.3 Å². The fraction of sp³-hybridized carbons (Fsp3) is 0.400. The van der Waals surface area contributed by atoms with Crippen LogP contribution in [0.1, 0.15) is 30.5 Å². The molecule has 6 heteroatoms. The maximum Gasteiger partial charge on any atom is 0.416 e. The zero-order valence-corrected chi connectivity index (χ0v) is 10.2. The molecule has 1 unspecified atom stereocenters. The quantitative estimate of drug-likeness (QED) is 0.663. The summed E-state index contributed by atoms with van der Waals surface area (Å²) in [5.41, 5.74) is 2.34. The van der Waals surface area contributed by atoms with Crippen LogP contribution in [-0.2, 0) is 6.18 Å². The molecule has 0 heterocycles. The molecule has 0 aliphatic heterocycles. The number of hydrogen-bond donors (Lipinski definition) is 2. The number of alkyl halides is 3. The zero-order chi connectivity index (χ0) is 12.3. The molecule has 90 valence electrons. The summed E-state index contributed by atoms with van der Waals surface area (Å²) in [5, 5.41) is 0. The van der Waals surface area contributed by atoms with Gasteiger partial charge in [-0.2, -0.15) is 13.2 Å². The van der Waals surface area contributed by atoms with Crippen molar-refractivity contribution in [1.29, 1.82) is 0 Å². The molecule has 0 aliphatic carbocycles. The van der Waals surface area contributed by atoms with E-state index >= 15 is 0 Å². The third-order valence-electron chi connectivity index (χ3n) is 2.31. The minimum atomic E-state index is -4.33. The smallest absolute Gasteiger partial charge is 0.271 e. The first-order valence-electron chi connectivity index (χ1n) is 4.73. The van der Waals surface area contributed by atoms with Crippen LogP contribution in [0.3, 0.4) is 0 Å². The highest BCUT2D eigenvalue weighted by Crippen LogP contribution is 2.34. The third kappa shape index (κ3) is 2.96. The van der Waals surface area contributed by atoms with E-state index in [1.165, 1.54) is 6.07 Å². The van der Waals surface area contributed by atoms with Gasteiger partial charge in [0.25, 0.3) is 0 Å². The number of halogens is 4. The molecule has 2 nitrogen and oxygen atoms in total. The van der Waals surface area contributed by atoms with Crippen LogP contribution in [0, 0.1) is 0 Å². The van der Waals surface area contributed by atoms with Crippen molar-refractivity contribution in [1.82, 2.24) is 5.43 Å². The van der Waals surface area contributed by atoms with Crippen molar-refractivity contribution in [3.05, 3.63) is 33.8 Å². The largest absolute Gasteiger partial charge is 0.416 e. The van der Waals surface area contributed by atoms with Gasteiger partial charge in [0, 0.05) is 10.5 Å². The van der Waals surface area contributed by atoms with Crippen LogP contribution in [0.15, 0.2) is 22.7 Å². The second kappa shape index (κ2) is 5.16. The van der Waals surface area contributed by atoms with Gasteiger partial charge in [-0.25, -0.2) is 0 Å². The molecule has 1 atom stereocenters. The summed E-state index contributed by atoms with van der Waals surface area (Å²) >= 11 is 3.22. The van der Waals surface area contributed by atoms with Gasteiger partial charge in [0.05, 0.1) is 5.56 Å². The number of nitrogens with two attached hydrogens (primary N) is 1. The predicted octanol–water partition coefficient (Wildman–Crippen LogP) is 3.38. The van der Waals surface area contributed by atoms with Crippen molar-refractivity contribution in [2.45, 2.75) is 25.6 Å². The standard InChI is InChI=1S/C10H12BrF3N2/c1-2-9(16-15)7-5-6(10(12,13)14)3-4-8(7)11/h3-5,9,16H,2,15H2,1H3. The summed E-state index contributed by atoms with van der Waals surface area (Å²) in [4.78, 5) is 0. The molecule has 0 aromatic heterocycles. The molecule has 0 aliphatic rings. The second-order valence-corrected chi connectivity index (χ2v) is 4.22. The topological polar surface area (TPSA) is 38.0 Å². The van der Waals surface area contributed by atoms with Crippen molar-refractivity contribution in [3.8, 4) is 0 Å². The molecule has 3 N–H and O–H groups in total. The number of nitrogens with one attached hydrogen (secondary N) is 1. The van der Waals surface area contributed by atoms with Gasteiger partial charge in [-0.15, -0.1) is 0 Å². The Bertz CT molecular complexity index is 362. The Balaban J connectivity index is 3.18. The Morgan fingerprint density at radius 2 is 2.06 bits per heavy atom. The average molecular weight is 297 g/mol. The predicted molar refractivity (Wildman–Crippen MR) is 59.5 cm³/mol. The van der Waals surface area contributed by atoms with E-state index in [0.29, 0.717) is 16.5 Å². The van der Waals surface area contributed by atoms with E-state index in [1.54, 1.807) is 0 Å². The van der Waals surface area contributed by atoms with Gasteiger partial charge >= 0.3 is 6.18 Å². The van der Waals surface area contributed by atoms with Crippen LogP contribution in [0.4, 0.5) is 13.2 Å². The fourth-order valence-corrected chi connectivity index (χ4v) is 1.94. The Hall–Kier alpha value is -0.590. The van der Waals surface area contributed by atoms with Gasteiger partial charge < -0.3 is 0 Å². The molecule has 0 bridgehead atoms. The first-order chi connectivity index (χ1) is 7.40. The molecule has 0 radical (unpaired) electrons. The fourth-order valence-electron chi connectivity index (χ4n) is 1.41. The van der Waals surface area contributed by atoms with Gasteiger partial charge in [0.1, 0.15) is 0 Å². The normalized spacial score (nSPS) is 13.9. The molecule has 0 saturated heterocycles. The average Bonchev–Trinajstić information content (AvgIpc) is 2.20. The highest BCUT2D eigenvalue weighted by Gasteiger charge is 2.31. The second-order valence-electron chi connectivity index (χ2n) is 3.36. The summed E-state index contributed by atoms with van der Waals surface area (Å²) in [6.07, 6.45) is -3.72. The lowest BCUT2D eigenvalue weighted by Crippen LogP contribution is -2.28.